The summed E-state index contributed by atoms with van der Waals surface area (Å²) in [5, 5.41) is 6.26. The standard InChI is InChI=1S/C25H30FN3O/c1-17-10-12-28(13-11-17)16-25(30)29-24(20-9-8-18(2)14-19(20)3)15-23(27-29)21-6-4-5-7-22(21)26/h4-9,14,17,24H,10-13,15-16H2,1-3H3/t24-/m0/s1. The first-order valence-electron chi connectivity index (χ1n) is 10.9. The second kappa shape index (κ2) is 8.68. The first-order valence-corrected chi connectivity index (χ1v) is 10.9. The summed E-state index contributed by atoms with van der Waals surface area (Å²) in [5.41, 5.74) is 4.52. The average Bonchev–Trinajstić information content (AvgIpc) is 3.15. The number of rotatable bonds is 4. The van der Waals surface area contributed by atoms with Crippen LogP contribution in [0.25, 0.3) is 0 Å². The maximum atomic E-state index is 14.4. The fourth-order valence-corrected chi connectivity index (χ4v) is 4.52. The molecule has 1 amide bonds. The van der Waals surface area contributed by atoms with E-state index in [1.54, 1.807) is 17.1 Å². The zero-order valence-corrected chi connectivity index (χ0v) is 18.1. The Morgan fingerprint density at radius 3 is 2.57 bits per heavy atom. The highest BCUT2D eigenvalue weighted by Crippen LogP contribution is 2.35. The number of benzene rings is 2. The van der Waals surface area contributed by atoms with Gasteiger partial charge in [-0.2, -0.15) is 5.10 Å². The first-order chi connectivity index (χ1) is 14.4. The van der Waals surface area contributed by atoms with Crippen molar-refractivity contribution in [2.75, 3.05) is 19.6 Å². The van der Waals surface area contributed by atoms with Crippen LogP contribution in [0.5, 0.6) is 0 Å². The largest absolute Gasteiger partial charge is 0.294 e. The van der Waals surface area contributed by atoms with Crippen molar-refractivity contribution < 1.29 is 9.18 Å². The van der Waals surface area contributed by atoms with Gasteiger partial charge >= 0.3 is 0 Å². The van der Waals surface area contributed by atoms with Gasteiger partial charge in [0, 0.05) is 12.0 Å². The van der Waals surface area contributed by atoms with E-state index in [0.717, 1.165) is 43.0 Å². The third-order valence-electron chi connectivity index (χ3n) is 6.37. The summed E-state index contributed by atoms with van der Waals surface area (Å²) >= 11 is 0. The number of aryl methyl sites for hydroxylation is 2. The van der Waals surface area contributed by atoms with Gasteiger partial charge in [0.05, 0.1) is 18.3 Å². The summed E-state index contributed by atoms with van der Waals surface area (Å²) < 4.78 is 14.4. The van der Waals surface area contributed by atoms with Crippen molar-refractivity contribution in [1.29, 1.82) is 0 Å². The summed E-state index contributed by atoms with van der Waals surface area (Å²) in [7, 11) is 0. The van der Waals surface area contributed by atoms with Gasteiger partial charge in [-0.05, 0) is 62.9 Å². The summed E-state index contributed by atoms with van der Waals surface area (Å²) in [5.74, 6) is 0.410. The minimum Gasteiger partial charge on any atom is -0.294 e. The zero-order valence-electron chi connectivity index (χ0n) is 18.1. The maximum Gasteiger partial charge on any atom is 0.257 e. The Morgan fingerprint density at radius 2 is 1.87 bits per heavy atom. The number of likely N-dealkylation sites (tertiary alicyclic amines) is 1. The maximum absolute atomic E-state index is 14.4. The van der Waals surface area contributed by atoms with Crippen molar-refractivity contribution in [3.63, 3.8) is 0 Å². The monoisotopic (exact) mass is 407 g/mol. The number of carbonyl (C=O) groups excluding carboxylic acids is 1. The van der Waals surface area contributed by atoms with Crippen LogP contribution in [0, 0.1) is 25.6 Å². The molecule has 0 spiro atoms. The Morgan fingerprint density at radius 1 is 1.13 bits per heavy atom. The number of piperidine rings is 1. The van der Waals surface area contributed by atoms with Crippen LogP contribution in [0.3, 0.4) is 0 Å². The molecule has 2 aromatic rings. The van der Waals surface area contributed by atoms with Crippen LogP contribution in [0.15, 0.2) is 47.6 Å². The van der Waals surface area contributed by atoms with E-state index in [-0.39, 0.29) is 17.8 Å². The quantitative estimate of drug-likeness (QED) is 0.726. The molecule has 4 rings (SSSR count). The summed E-state index contributed by atoms with van der Waals surface area (Å²) in [6.07, 6.45) is 2.77. The van der Waals surface area contributed by atoms with Crippen LogP contribution in [0.2, 0.25) is 0 Å². The molecule has 0 bridgehead atoms. The minimum atomic E-state index is -0.296. The summed E-state index contributed by atoms with van der Waals surface area (Å²) in [4.78, 5) is 15.5. The molecule has 158 valence electrons. The molecule has 0 unspecified atom stereocenters. The average molecular weight is 408 g/mol. The molecular formula is C25H30FN3O. The van der Waals surface area contributed by atoms with Gasteiger partial charge in [-0.1, -0.05) is 48.9 Å². The Kier molecular flexibility index (Phi) is 6.00. The molecular weight excluding hydrogens is 377 g/mol. The molecule has 0 N–H and O–H groups in total. The van der Waals surface area contributed by atoms with Gasteiger partial charge in [-0.3, -0.25) is 9.69 Å². The van der Waals surface area contributed by atoms with E-state index in [1.807, 2.05) is 6.07 Å². The van der Waals surface area contributed by atoms with Gasteiger partial charge in [0.1, 0.15) is 5.82 Å². The van der Waals surface area contributed by atoms with Crippen molar-refractivity contribution in [2.45, 2.75) is 46.1 Å². The topological polar surface area (TPSA) is 35.9 Å². The lowest BCUT2D eigenvalue weighted by Crippen LogP contribution is -2.41. The zero-order chi connectivity index (χ0) is 21.3. The van der Waals surface area contributed by atoms with Gasteiger partial charge in [0.2, 0.25) is 0 Å². The predicted molar refractivity (Wildman–Crippen MR) is 118 cm³/mol. The van der Waals surface area contributed by atoms with Gasteiger partial charge in [-0.25, -0.2) is 9.40 Å². The normalized spacial score (nSPS) is 20.5. The molecule has 1 saturated heterocycles. The van der Waals surface area contributed by atoms with Gasteiger partial charge < -0.3 is 0 Å². The van der Waals surface area contributed by atoms with Gasteiger partial charge in [0.15, 0.2) is 0 Å². The second-order valence-corrected chi connectivity index (χ2v) is 8.80. The van der Waals surface area contributed by atoms with Crippen molar-refractivity contribution in [1.82, 2.24) is 9.91 Å². The number of carbonyl (C=O) groups is 1. The second-order valence-electron chi connectivity index (χ2n) is 8.80. The lowest BCUT2D eigenvalue weighted by molar-refractivity contribution is -0.134. The molecule has 5 heteroatoms. The lowest BCUT2D eigenvalue weighted by Gasteiger charge is -2.31. The van der Waals surface area contributed by atoms with E-state index in [0.29, 0.717) is 24.2 Å². The Labute approximate surface area is 178 Å². The Balaban J connectivity index is 1.63. The predicted octanol–water partition coefficient (Wildman–Crippen LogP) is 4.85. The molecule has 0 radical (unpaired) electrons. The van der Waals surface area contributed by atoms with Crippen molar-refractivity contribution in [3.05, 3.63) is 70.5 Å². The SMILES string of the molecule is Cc1ccc([C@@H]2CC(c3ccccc3F)=NN2C(=O)CN2CCC(C)CC2)c(C)c1. The van der Waals surface area contributed by atoms with Crippen LogP contribution in [0.4, 0.5) is 4.39 Å². The lowest BCUT2D eigenvalue weighted by atomic mass is 9.94. The number of nitrogens with zero attached hydrogens (tertiary/aromatic N) is 3. The van der Waals surface area contributed by atoms with Gasteiger partial charge in [-0.15, -0.1) is 0 Å². The number of hydrogen-bond acceptors (Lipinski definition) is 3. The van der Waals surface area contributed by atoms with Crippen molar-refractivity contribution >= 4 is 11.6 Å². The van der Waals surface area contributed by atoms with E-state index >= 15 is 0 Å². The van der Waals surface area contributed by atoms with E-state index in [9.17, 15) is 9.18 Å². The number of hydrogen-bond donors (Lipinski definition) is 0. The fourth-order valence-electron chi connectivity index (χ4n) is 4.52. The molecule has 0 aromatic heterocycles. The summed E-state index contributed by atoms with van der Waals surface area (Å²) in [6.45, 7) is 8.64. The number of hydrazone groups is 1. The highest BCUT2D eigenvalue weighted by molar-refractivity contribution is 6.03. The third-order valence-corrected chi connectivity index (χ3v) is 6.37. The number of amides is 1. The van der Waals surface area contributed by atoms with E-state index < -0.39 is 0 Å². The molecule has 4 nitrogen and oxygen atoms in total. The molecule has 2 aliphatic heterocycles. The molecule has 2 aliphatic rings. The molecule has 30 heavy (non-hydrogen) atoms. The smallest absolute Gasteiger partial charge is 0.257 e. The van der Waals surface area contributed by atoms with Crippen molar-refractivity contribution in [2.24, 2.45) is 11.0 Å². The van der Waals surface area contributed by atoms with Crippen LogP contribution < -0.4 is 0 Å². The third kappa shape index (κ3) is 4.31. The molecule has 0 aliphatic carbocycles. The number of halogens is 1. The minimum absolute atomic E-state index is 0.0131. The highest BCUT2D eigenvalue weighted by Gasteiger charge is 2.35. The Hall–Kier alpha value is -2.53. The Bertz CT molecular complexity index is 963. The molecule has 0 saturated carbocycles. The van der Waals surface area contributed by atoms with Crippen LogP contribution in [-0.4, -0.2) is 41.2 Å². The highest BCUT2D eigenvalue weighted by atomic mass is 19.1. The van der Waals surface area contributed by atoms with E-state index in [1.165, 1.54) is 11.6 Å². The molecule has 2 aromatic carbocycles. The van der Waals surface area contributed by atoms with Crippen LogP contribution in [-0.2, 0) is 4.79 Å². The van der Waals surface area contributed by atoms with E-state index in [2.05, 4.69) is 49.0 Å². The molecule has 1 fully saturated rings. The summed E-state index contributed by atoms with van der Waals surface area (Å²) in [6, 6.07) is 12.8. The van der Waals surface area contributed by atoms with Crippen LogP contribution >= 0.6 is 0 Å². The van der Waals surface area contributed by atoms with Crippen molar-refractivity contribution in [3.8, 4) is 0 Å². The van der Waals surface area contributed by atoms with E-state index in [4.69, 9.17) is 0 Å². The van der Waals surface area contributed by atoms with Crippen LogP contribution in [0.1, 0.15) is 54.5 Å². The first kappa shape index (κ1) is 20.7. The van der Waals surface area contributed by atoms with Gasteiger partial charge in [0.25, 0.3) is 5.91 Å². The molecule has 2 heterocycles. The molecule has 1 atom stereocenters. The fraction of sp³-hybridized carbons (Fsp3) is 0.440.